The van der Waals surface area contributed by atoms with E-state index in [1.165, 1.54) is 0 Å². The third kappa shape index (κ3) is 2.83. The van der Waals surface area contributed by atoms with Crippen molar-refractivity contribution in [3.63, 3.8) is 0 Å². The van der Waals surface area contributed by atoms with Gasteiger partial charge in [-0.15, -0.1) is 0 Å². The van der Waals surface area contributed by atoms with Crippen LogP contribution in [0.3, 0.4) is 0 Å². The Bertz CT molecular complexity index is 1490. The Morgan fingerprint density at radius 1 is 0.545 bits per heavy atom. The third-order valence-corrected chi connectivity index (χ3v) is 5.91. The topological polar surface area (TPSA) is 58.6 Å². The van der Waals surface area contributed by atoms with E-state index in [1.807, 2.05) is 0 Å². The van der Waals surface area contributed by atoms with Gasteiger partial charge in [-0.1, -0.05) is 0 Å². The van der Waals surface area contributed by atoms with Gasteiger partial charge in [-0.3, -0.25) is 0 Å². The number of benzene rings is 4. The highest BCUT2D eigenvalue weighted by atomic mass is 31.2. The molecule has 0 aliphatic carbocycles. The molecule has 0 bridgehead atoms. The molecule has 33 heavy (non-hydrogen) atoms. The Balaban J connectivity index is 2.12. The standard InChI is InChI=1S/C20H5F8O4P/c21-13-5-1-3-7-11(9(5)15(23)19(27)17(13)25)12-8(32-33(29,30)31-7)4-2-6-10(12)16(24)20(28)18(26)14(6)22/h1-4H,(H,29,30)/p-1. The van der Waals surface area contributed by atoms with Crippen LogP contribution in [0.15, 0.2) is 24.3 Å². The first kappa shape index (κ1) is 21.5. The SMILES string of the molecule is O=P1([O-])Oc2ccc3c(F)c(F)c(F)c(F)c3c2-c2c(ccc3c(F)c(F)c(F)c(F)c23)O1. The highest BCUT2D eigenvalue weighted by Gasteiger charge is 2.34. The first-order valence-electron chi connectivity index (χ1n) is 8.72. The zero-order chi connectivity index (χ0) is 24.0. The molecule has 0 atom stereocenters. The molecule has 0 saturated carbocycles. The maximum atomic E-state index is 14.8. The minimum atomic E-state index is -5.37. The fraction of sp³-hybridized carbons (Fsp3) is 0. The van der Waals surface area contributed by atoms with E-state index in [9.17, 15) is 44.6 Å². The summed E-state index contributed by atoms with van der Waals surface area (Å²) in [6.07, 6.45) is 0. The van der Waals surface area contributed by atoms with Crippen LogP contribution in [0.25, 0.3) is 32.7 Å². The van der Waals surface area contributed by atoms with Crippen molar-refractivity contribution in [3.05, 3.63) is 70.8 Å². The second-order valence-electron chi connectivity index (χ2n) is 6.86. The van der Waals surface area contributed by atoms with Crippen LogP contribution in [0.5, 0.6) is 11.5 Å². The summed E-state index contributed by atoms with van der Waals surface area (Å²) in [6.45, 7) is 0. The summed E-state index contributed by atoms with van der Waals surface area (Å²) >= 11 is 0. The summed E-state index contributed by atoms with van der Waals surface area (Å²) in [5.74, 6) is -18.7. The minimum Gasteiger partial charge on any atom is -0.736 e. The van der Waals surface area contributed by atoms with Gasteiger partial charge in [0.25, 0.3) is 0 Å². The lowest BCUT2D eigenvalue weighted by molar-refractivity contribution is -0.208. The van der Waals surface area contributed by atoms with Gasteiger partial charge < -0.3 is 13.9 Å². The number of rotatable bonds is 0. The van der Waals surface area contributed by atoms with E-state index in [4.69, 9.17) is 0 Å². The first-order chi connectivity index (χ1) is 15.4. The van der Waals surface area contributed by atoms with Crippen molar-refractivity contribution in [3.8, 4) is 22.6 Å². The molecule has 1 heterocycles. The highest BCUT2D eigenvalue weighted by Crippen LogP contribution is 2.56. The molecule has 0 amide bonds. The molecular formula is C20H4F8O4P-. The van der Waals surface area contributed by atoms with Crippen molar-refractivity contribution in [1.29, 1.82) is 0 Å². The number of phosphoric ester groups is 1. The summed E-state index contributed by atoms with van der Waals surface area (Å²) in [6, 6.07) is 2.66. The summed E-state index contributed by atoms with van der Waals surface area (Å²) in [5, 5.41) is -4.18. The molecule has 1 aliphatic rings. The van der Waals surface area contributed by atoms with E-state index in [0.29, 0.717) is 24.3 Å². The van der Waals surface area contributed by atoms with Gasteiger partial charge in [0.05, 0.1) is 0 Å². The zero-order valence-electron chi connectivity index (χ0n) is 15.4. The number of hydrogen-bond donors (Lipinski definition) is 0. The molecule has 0 spiro atoms. The van der Waals surface area contributed by atoms with Crippen molar-refractivity contribution >= 4 is 29.4 Å². The lowest BCUT2D eigenvalue weighted by Crippen LogP contribution is -2.12. The predicted octanol–water partition coefficient (Wildman–Crippen LogP) is 6.01. The Morgan fingerprint density at radius 3 is 1.24 bits per heavy atom. The second kappa shape index (κ2) is 6.82. The monoisotopic (exact) mass is 491 g/mol. The van der Waals surface area contributed by atoms with Gasteiger partial charge in [-0.05, 0) is 24.3 Å². The Hall–Kier alpha value is -3.37. The molecule has 0 N–H and O–H groups in total. The molecule has 5 rings (SSSR count). The van der Waals surface area contributed by atoms with Crippen LogP contribution in [0, 0.1) is 46.5 Å². The number of fused-ring (bicyclic) bond motifs is 7. The molecule has 0 radical (unpaired) electrons. The van der Waals surface area contributed by atoms with Crippen LogP contribution in [0.2, 0.25) is 0 Å². The Kier molecular flexibility index (Phi) is 4.44. The molecular weight excluding hydrogens is 487 g/mol. The van der Waals surface area contributed by atoms with Crippen LogP contribution >= 0.6 is 7.82 Å². The van der Waals surface area contributed by atoms with Gasteiger partial charge in [0.1, 0.15) is 11.5 Å². The van der Waals surface area contributed by atoms with E-state index >= 15 is 0 Å². The molecule has 1 aliphatic heterocycles. The van der Waals surface area contributed by atoms with Crippen LogP contribution in [-0.4, -0.2) is 0 Å². The molecule has 0 saturated heterocycles. The lowest BCUT2D eigenvalue weighted by Gasteiger charge is -2.21. The van der Waals surface area contributed by atoms with Crippen molar-refractivity contribution in [2.24, 2.45) is 0 Å². The van der Waals surface area contributed by atoms with Crippen molar-refractivity contribution in [2.45, 2.75) is 0 Å². The number of hydrogen-bond acceptors (Lipinski definition) is 4. The molecule has 0 unspecified atom stereocenters. The van der Waals surface area contributed by atoms with Gasteiger partial charge in [-0.25, -0.2) is 39.7 Å². The van der Waals surface area contributed by atoms with Crippen LogP contribution < -0.4 is 13.9 Å². The van der Waals surface area contributed by atoms with E-state index in [0.717, 1.165) is 0 Å². The molecule has 4 aromatic carbocycles. The highest BCUT2D eigenvalue weighted by molar-refractivity contribution is 7.46. The summed E-state index contributed by atoms with van der Waals surface area (Å²) in [4.78, 5) is 12.2. The van der Waals surface area contributed by atoms with Gasteiger partial charge in [0, 0.05) is 32.7 Å². The maximum Gasteiger partial charge on any atom is 0.372 e. The van der Waals surface area contributed by atoms with Crippen LogP contribution in [0.4, 0.5) is 35.1 Å². The molecule has 13 heteroatoms. The van der Waals surface area contributed by atoms with E-state index in [2.05, 4.69) is 9.05 Å². The van der Waals surface area contributed by atoms with Gasteiger partial charge in [-0.2, -0.15) is 0 Å². The number of halogens is 8. The molecule has 4 nitrogen and oxygen atoms in total. The van der Waals surface area contributed by atoms with Crippen molar-refractivity contribution < 1.29 is 53.6 Å². The molecule has 170 valence electrons. The first-order valence-corrected chi connectivity index (χ1v) is 10.2. The summed E-state index contributed by atoms with van der Waals surface area (Å²) in [5.41, 5.74) is -1.86. The average Bonchev–Trinajstić information content (AvgIpc) is 2.89. The molecule has 4 aromatic rings. The fourth-order valence-corrected chi connectivity index (χ4v) is 4.56. The lowest BCUT2D eigenvalue weighted by atomic mass is 9.91. The van der Waals surface area contributed by atoms with Gasteiger partial charge in [0.15, 0.2) is 46.5 Å². The van der Waals surface area contributed by atoms with Gasteiger partial charge in [0.2, 0.25) is 0 Å². The smallest absolute Gasteiger partial charge is 0.372 e. The molecule has 0 fully saturated rings. The van der Waals surface area contributed by atoms with Crippen LogP contribution in [0.1, 0.15) is 0 Å². The van der Waals surface area contributed by atoms with Gasteiger partial charge >= 0.3 is 7.82 Å². The van der Waals surface area contributed by atoms with Crippen molar-refractivity contribution in [2.75, 3.05) is 0 Å². The third-order valence-electron chi connectivity index (χ3n) is 5.07. The second-order valence-corrected chi connectivity index (χ2v) is 8.12. The van der Waals surface area contributed by atoms with Crippen LogP contribution in [-0.2, 0) is 4.57 Å². The van der Waals surface area contributed by atoms with Crippen molar-refractivity contribution in [1.82, 2.24) is 0 Å². The van der Waals surface area contributed by atoms with E-state index in [-0.39, 0.29) is 0 Å². The molecule has 0 aromatic heterocycles. The summed E-state index contributed by atoms with van der Waals surface area (Å²) < 4.78 is 136. The predicted molar refractivity (Wildman–Crippen MR) is 95.4 cm³/mol. The quantitative estimate of drug-likeness (QED) is 0.131. The zero-order valence-corrected chi connectivity index (χ0v) is 16.3. The van der Waals surface area contributed by atoms with E-state index in [1.54, 1.807) is 0 Å². The average molecular weight is 491 g/mol. The number of phosphoric acid groups is 1. The minimum absolute atomic E-state index is 0.641. The Morgan fingerprint density at radius 2 is 0.879 bits per heavy atom. The normalized spacial score (nSPS) is 14.5. The summed E-state index contributed by atoms with van der Waals surface area (Å²) in [7, 11) is -5.37. The maximum absolute atomic E-state index is 14.8. The fourth-order valence-electron chi connectivity index (χ4n) is 3.74. The van der Waals surface area contributed by atoms with E-state index < -0.39 is 98.5 Å². The largest absolute Gasteiger partial charge is 0.736 e. The Labute approximate surface area is 177 Å².